The van der Waals surface area contributed by atoms with Crippen LogP contribution in [0, 0.1) is 5.92 Å². The Hall–Kier alpha value is -3.42. The van der Waals surface area contributed by atoms with Crippen LogP contribution in [0.3, 0.4) is 0 Å². The van der Waals surface area contributed by atoms with Crippen molar-refractivity contribution in [1.29, 1.82) is 0 Å². The van der Waals surface area contributed by atoms with Crippen molar-refractivity contribution in [2.45, 2.75) is 13.0 Å². The number of rotatable bonds is 7. The smallest absolute Gasteiger partial charge is 0.239 e. The summed E-state index contributed by atoms with van der Waals surface area (Å²) in [6, 6.07) is 10.7. The fourth-order valence-electron chi connectivity index (χ4n) is 2.97. The van der Waals surface area contributed by atoms with Gasteiger partial charge < -0.3 is 20.3 Å². The molecule has 0 spiro atoms. The third-order valence-electron chi connectivity index (χ3n) is 4.54. The van der Waals surface area contributed by atoms with Gasteiger partial charge in [-0.2, -0.15) is 0 Å². The largest absolute Gasteiger partial charge is 0.497 e. The Morgan fingerprint density at radius 3 is 2.54 bits per heavy atom. The predicted molar refractivity (Wildman–Crippen MR) is 103 cm³/mol. The maximum Gasteiger partial charge on any atom is 0.239 e. The molecular weight excluding hydrogens is 360 g/mol. The first-order valence-electron chi connectivity index (χ1n) is 8.94. The highest BCUT2D eigenvalue weighted by Gasteiger charge is 2.35. The van der Waals surface area contributed by atoms with E-state index in [1.807, 2.05) is 0 Å². The number of nitrogens with one attached hydrogen (secondary N) is 2. The zero-order valence-corrected chi connectivity index (χ0v) is 15.6. The molecule has 0 saturated carbocycles. The van der Waals surface area contributed by atoms with E-state index in [1.165, 1.54) is 0 Å². The van der Waals surface area contributed by atoms with Crippen molar-refractivity contribution in [1.82, 2.24) is 15.6 Å². The van der Waals surface area contributed by atoms with Gasteiger partial charge in [-0.15, -0.1) is 0 Å². The average molecular weight is 382 g/mol. The molecule has 1 aliphatic rings. The molecule has 1 aliphatic heterocycles. The lowest BCUT2D eigenvalue weighted by Crippen LogP contribution is -2.40. The molecule has 1 aromatic carbocycles. The number of pyridine rings is 1. The quantitative estimate of drug-likeness (QED) is 0.740. The molecule has 28 heavy (non-hydrogen) atoms. The molecule has 146 valence electrons. The van der Waals surface area contributed by atoms with Gasteiger partial charge in [0.15, 0.2) is 0 Å². The minimum absolute atomic E-state index is 0.118. The Morgan fingerprint density at radius 2 is 1.86 bits per heavy atom. The lowest BCUT2D eigenvalue weighted by atomic mass is 10.1. The molecule has 2 heterocycles. The number of benzene rings is 1. The summed E-state index contributed by atoms with van der Waals surface area (Å²) in [5, 5.41) is 5.34. The number of methoxy groups -OCH3 is 1. The molecule has 3 amide bonds. The zero-order chi connectivity index (χ0) is 19.9. The van der Waals surface area contributed by atoms with E-state index in [9.17, 15) is 14.4 Å². The van der Waals surface area contributed by atoms with Gasteiger partial charge in [0.1, 0.15) is 5.75 Å². The van der Waals surface area contributed by atoms with Gasteiger partial charge in [-0.1, -0.05) is 0 Å². The second kappa shape index (κ2) is 8.98. The highest BCUT2D eigenvalue weighted by atomic mass is 16.5. The third-order valence-corrected chi connectivity index (χ3v) is 4.54. The number of ether oxygens (including phenoxy) is 1. The normalized spacial score (nSPS) is 16.0. The van der Waals surface area contributed by atoms with Crippen LogP contribution in [0.15, 0.2) is 48.8 Å². The maximum absolute atomic E-state index is 12.3. The number of aromatic nitrogens is 1. The summed E-state index contributed by atoms with van der Waals surface area (Å²) in [6.45, 7) is 0.525. The van der Waals surface area contributed by atoms with Gasteiger partial charge >= 0.3 is 0 Å². The summed E-state index contributed by atoms with van der Waals surface area (Å²) >= 11 is 0. The summed E-state index contributed by atoms with van der Waals surface area (Å²) in [7, 11) is 1.57. The van der Waals surface area contributed by atoms with Crippen LogP contribution in [0.1, 0.15) is 12.0 Å². The number of amides is 3. The topological polar surface area (TPSA) is 101 Å². The summed E-state index contributed by atoms with van der Waals surface area (Å²) in [5.74, 6) is -0.498. The van der Waals surface area contributed by atoms with E-state index in [1.54, 1.807) is 60.8 Å². The molecule has 1 fully saturated rings. The lowest BCUT2D eigenvalue weighted by molar-refractivity contribution is -0.129. The van der Waals surface area contributed by atoms with Gasteiger partial charge in [-0.25, -0.2) is 0 Å². The molecule has 0 aliphatic carbocycles. The first-order valence-corrected chi connectivity index (χ1v) is 8.94. The van der Waals surface area contributed by atoms with Crippen LogP contribution in [0.5, 0.6) is 5.75 Å². The minimum atomic E-state index is -0.484. The number of carbonyl (C=O) groups excluding carboxylic acids is 3. The lowest BCUT2D eigenvalue weighted by Gasteiger charge is -2.17. The standard InChI is InChI=1S/C20H22N4O4/c1-28-17-4-2-16(3-5-17)24-13-15(10-19(24)26)20(27)23-12-18(25)22-11-14-6-8-21-9-7-14/h2-9,15H,10-13H2,1H3,(H,22,25)(H,23,27)/t15-/m0/s1. The van der Waals surface area contributed by atoms with Gasteiger partial charge in [0, 0.05) is 37.6 Å². The van der Waals surface area contributed by atoms with E-state index in [0.29, 0.717) is 12.3 Å². The Bertz CT molecular complexity index is 839. The van der Waals surface area contributed by atoms with Crippen molar-refractivity contribution in [3.63, 3.8) is 0 Å². The Kier molecular flexibility index (Phi) is 6.21. The SMILES string of the molecule is COc1ccc(N2C[C@@H](C(=O)NCC(=O)NCc3ccncc3)CC2=O)cc1. The van der Waals surface area contributed by atoms with Crippen LogP contribution in [-0.4, -0.2) is 42.9 Å². The number of carbonyl (C=O) groups is 3. The monoisotopic (exact) mass is 382 g/mol. The molecule has 0 unspecified atom stereocenters. The Balaban J connectivity index is 1.46. The van der Waals surface area contributed by atoms with Crippen molar-refractivity contribution >= 4 is 23.4 Å². The molecule has 1 aromatic heterocycles. The third kappa shape index (κ3) is 4.85. The number of hydrogen-bond acceptors (Lipinski definition) is 5. The van der Waals surface area contributed by atoms with Gasteiger partial charge in [-0.3, -0.25) is 19.4 Å². The summed E-state index contributed by atoms with van der Waals surface area (Å²) < 4.78 is 5.11. The van der Waals surface area contributed by atoms with Crippen molar-refractivity contribution < 1.29 is 19.1 Å². The van der Waals surface area contributed by atoms with Gasteiger partial charge in [0.25, 0.3) is 0 Å². The molecule has 2 N–H and O–H groups in total. The van der Waals surface area contributed by atoms with Crippen LogP contribution in [0.2, 0.25) is 0 Å². The van der Waals surface area contributed by atoms with Crippen LogP contribution in [-0.2, 0) is 20.9 Å². The van der Waals surface area contributed by atoms with Crippen LogP contribution in [0.25, 0.3) is 0 Å². The Labute approximate surface area is 162 Å². The molecule has 1 atom stereocenters. The highest BCUT2D eigenvalue weighted by Crippen LogP contribution is 2.26. The molecular formula is C20H22N4O4. The maximum atomic E-state index is 12.3. The fraction of sp³-hybridized carbons (Fsp3) is 0.300. The van der Waals surface area contributed by atoms with E-state index in [4.69, 9.17) is 4.74 Å². The second-order valence-electron chi connectivity index (χ2n) is 6.45. The fourth-order valence-corrected chi connectivity index (χ4v) is 2.97. The van der Waals surface area contributed by atoms with E-state index >= 15 is 0 Å². The van der Waals surface area contributed by atoms with Crippen LogP contribution < -0.4 is 20.3 Å². The number of hydrogen-bond donors (Lipinski definition) is 2. The van der Waals surface area contributed by atoms with Gasteiger partial charge in [0.05, 0.1) is 19.6 Å². The molecule has 1 saturated heterocycles. The Morgan fingerprint density at radius 1 is 1.14 bits per heavy atom. The van der Waals surface area contributed by atoms with Crippen molar-refractivity contribution in [3.05, 3.63) is 54.4 Å². The summed E-state index contributed by atoms with van der Waals surface area (Å²) in [5.41, 5.74) is 1.64. The minimum Gasteiger partial charge on any atom is -0.497 e. The number of nitrogens with zero attached hydrogens (tertiary/aromatic N) is 2. The van der Waals surface area contributed by atoms with E-state index < -0.39 is 5.92 Å². The predicted octanol–water partition coefficient (Wildman–Crippen LogP) is 0.876. The first-order chi connectivity index (χ1) is 13.6. The van der Waals surface area contributed by atoms with Crippen molar-refractivity contribution in [2.75, 3.05) is 25.1 Å². The van der Waals surface area contributed by atoms with E-state index in [-0.39, 0.29) is 37.2 Å². The van der Waals surface area contributed by atoms with E-state index in [0.717, 1.165) is 11.3 Å². The van der Waals surface area contributed by atoms with E-state index in [2.05, 4.69) is 15.6 Å². The second-order valence-corrected chi connectivity index (χ2v) is 6.45. The highest BCUT2D eigenvalue weighted by molar-refractivity contribution is 6.00. The van der Waals surface area contributed by atoms with Crippen molar-refractivity contribution in [3.8, 4) is 5.75 Å². The molecule has 3 rings (SSSR count). The van der Waals surface area contributed by atoms with Crippen LogP contribution in [0.4, 0.5) is 5.69 Å². The number of anilines is 1. The molecule has 8 heteroatoms. The molecule has 0 bridgehead atoms. The molecule has 2 aromatic rings. The first kappa shape index (κ1) is 19.3. The van der Waals surface area contributed by atoms with Crippen LogP contribution >= 0.6 is 0 Å². The molecule has 0 radical (unpaired) electrons. The average Bonchev–Trinajstić information content (AvgIpc) is 3.13. The summed E-state index contributed by atoms with van der Waals surface area (Å²) in [4.78, 5) is 42.0. The van der Waals surface area contributed by atoms with Crippen molar-refractivity contribution in [2.24, 2.45) is 5.92 Å². The van der Waals surface area contributed by atoms with Gasteiger partial charge in [-0.05, 0) is 42.0 Å². The molecule has 8 nitrogen and oxygen atoms in total. The summed E-state index contributed by atoms with van der Waals surface area (Å²) in [6.07, 6.45) is 3.42. The zero-order valence-electron chi connectivity index (χ0n) is 15.6. The van der Waals surface area contributed by atoms with Gasteiger partial charge in [0.2, 0.25) is 17.7 Å².